The summed E-state index contributed by atoms with van der Waals surface area (Å²) in [5.74, 6) is -2.21. The summed E-state index contributed by atoms with van der Waals surface area (Å²) >= 11 is 0. The van der Waals surface area contributed by atoms with E-state index in [1.807, 2.05) is 0 Å². The van der Waals surface area contributed by atoms with Crippen molar-refractivity contribution in [1.29, 1.82) is 0 Å². The Morgan fingerprint density at radius 2 is 0.712 bits per heavy atom. The Labute approximate surface area is 383 Å². The molecule has 0 aliphatic carbocycles. The van der Waals surface area contributed by atoms with Gasteiger partial charge in [0.1, 0.15) is 21.2 Å². The van der Waals surface area contributed by atoms with Gasteiger partial charge in [-0.15, -0.1) is 10.2 Å². The third kappa shape index (κ3) is 11.7. The average Bonchev–Trinajstić information content (AvgIpc) is 3.22. The zero-order chi connectivity index (χ0) is 48.6. The summed E-state index contributed by atoms with van der Waals surface area (Å²) in [6.45, 7) is 0. The first kappa shape index (κ1) is 50.3. The van der Waals surface area contributed by atoms with Crippen LogP contribution in [0.1, 0.15) is 0 Å². The SMILES string of the molecule is O=S(=O)(O)c1ccc2c(O)c(N=Nc3ccc(S(=O)(=O)CCSSCCS(=O)(=O)c4ccc(N=Nc5c(S(=O)(=O)O)cc6cc(S(=O)(=O)O)ccc6c5O)cc4)cc3)c(S(=O)(=O)O)cc2c1. The zero-order valence-corrected chi connectivity index (χ0v) is 39.2. The number of hydrogen-bond acceptors (Lipinski definition) is 20. The van der Waals surface area contributed by atoms with Crippen LogP contribution in [-0.4, -0.2) is 102 Å². The minimum Gasteiger partial charge on any atom is -0.505 e. The second-order valence-corrected chi connectivity index (χ2v) is 26.0. The molecule has 6 aromatic carbocycles. The molecule has 0 aliphatic heterocycles. The molecule has 66 heavy (non-hydrogen) atoms. The fourth-order valence-corrected chi connectivity index (χ4v) is 14.3. The first-order valence-electron chi connectivity index (χ1n) is 17.8. The van der Waals surface area contributed by atoms with E-state index < -0.39 is 103 Å². The molecular formula is C36H30N4O18S8. The minimum atomic E-state index is -5.07. The maximum Gasteiger partial charge on any atom is 0.296 e. The van der Waals surface area contributed by atoms with E-state index >= 15 is 0 Å². The van der Waals surface area contributed by atoms with Crippen molar-refractivity contribution < 1.29 is 78.9 Å². The molecule has 0 unspecified atom stereocenters. The molecule has 0 radical (unpaired) electrons. The monoisotopic (exact) mass is 1060 g/mol. The Hall–Kier alpha value is -5.12. The second-order valence-electron chi connectivity index (χ2n) is 13.5. The van der Waals surface area contributed by atoms with Crippen LogP contribution >= 0.6 is 21.6 Å². The van der Waals surface area contributed by atoms with Crippen molar-refractivity contribution in [3.05, 3.63) is 97.1 Å². The molecule has 0 spiro atoms. The molecule has 0 aliphatic rings. The Balaban J connectivity index is 1.04. The number of nitrogens with zero attached hydrogens (tertiary/aromatic N) is 4. The van der Waals surface area contributed by atoms with Crippen LogP contribution in [0, 0.1) is 0 Å². The molecule has 6 N–H and O–H groups in total. The lowest BCUT2D eigenvalue weighted by Crippen LogP contribution is -2.09. The molecule has 350 valence electrons. The summed E-state index contributed by atoms with van der Waals surface area (Å²) in [4.78, 5) is -3.36. The molecule has 0 saturated carbocycles. The fraction of sp³-hybridized carbons (Fsp3) is 0.111. The van der Waals surface area contributed by atoms with Crippen molar-refractivity contribution in [1.82, 2.24) is 0 Å². The fourth-order valence-electron chi connectivity index (χ4n) is 5.86. The number of azo groups is 2. The van der Waals surface area contributed by atoms with Crippen LogP contribution in [0.25, 0.3) is 21.5 Å². The highest BCUT2D eigenvalue weighted by molar-refractivity contribution is 8.76. The van der Waals surface area contributed by atoms with Crippen LogP contribution in [0.3, 0.4) is 0 Å². The van der Waals surface area contributed by atoms with Crippen LogP contribution in [-0.2, 0) is 60.1 Å². The van der Waals surface area contributed by atoms with Gasteiger partial charge in [-0.25, -0.2) is 16.8 Å². The van der Waals surface area contributed by atoms with E-state index in [0.717, 1.165) is 70.1 Å². The van der Waals surface area contributed by atoms with E-state index in [2.05, 4.69) is 20.5 Å². The van der Waals surface area contributed by atoms with Crippen LogP contribution in [0.15, 0.2) is 147 Å². The topological polar surface area (TPSA) is 376 Å². The van der Waals surface area contributed by atoms with Gasteiger partial charge in [0, 0.05) is 22.3 Å². The smallest absolute Gasteiger partial charge is 0.296 e. The van der Waals surface area contributed by atoms with Crippen LogP contribution in [0.5, 0.6) is 11.5 Å². The highest BCUT2D eigenvalue weighted by atomic mass is 33.1. The Bertz CT molecular complexity index is 3440. The van der Waals surface area contributed by atoms with Crippen LogP contribution < -0.4 is 0 Å². The lowest BCUT2D eigenvalue weighted by atomic mass is 10.1. The largest absolute Gasteiger partial charge is 0.505 e. The maximum absolute atomic E-state index is 13.0. The molecule has 22 nitrogen and oxygen atoms in total. The van der Waals surface area contributed by atoms with Crippen LogP contribution in [0.2, 0.25) is 0 Å². The van der Waals surface area contributed by atoms with E-state index in [1.165, 1.54) is 48.5 Å². The first-order valence-corrected chi connectivity index (χ1v) is 29.3. The summed E-state index contributed by atoms with van der Waals surface area (Å²) < 4.78 is 185. The normalized spacial score (nSPS) is 13.3. The number of phenols is 2. The summed E-state index contributed by atoms with van der Waals surface area (Å²) in [5.41, 5.74) is -1.43. The van der Waals surface area contributed by atoms with Gasteiger partial charge in [0.15, 0.2) is 31.2 Å². The molecule has 0 heterocycles. The standard InChI is InChI=1S/C36H30N4O18S8/c41-35-29-11-9-27(63(47,48)49)17-21(29)19-31(65(53,54)55)33(35)39-37-23-1-5-25(6-2-23)61(43,44)15-13-59-60-14-16-62(45,46)26-7-3-24(4-8-26)38-40-34-32(66(56,57)58)20-22-18-28(64(50,51)52)10-12-30(22)36(34)42/h1-12,17-20,41-42H,13-16H2,(H,47,48,49)(H,50,51,52)(H,53,54,55)(H,56,57,58). The molecule has 0 atom stereocenters. The predicted octanol–water partition coefficient (Wildman–Crippen LogP) is 6.85. The first-order chi connectivity index (χ1) is 30.6. The van der Waals surface area contributed by atoms with Gasteiger partial charge in [0.25, 0.3) is 40.5 Å². The summed E-state index contributed by atoms with van der Waals surface area (Å²) in [6, 6.07) is 17.0. The van der Waals surface area contributed by atoms with E-state index in [0.29, 0.717) is 0 Å². The van der Waals surface area contributed by atoms with Crippen molar-refractivity contribution >= 4 is 126 Å². The molecule has 0 saturated heterocycles. The number of sulfone groups is 2. The summed E-state index contributed by atoms with van der Waals surface area (Å²) in [7, 11) is -25.1. The molecular weight excluding hydrogens is 1030 g/mol. The van der Waals surface area contributed by atoms with E-state index in [-0.39, 0.29) is 65.7 Å². The van der Waals surface area contributed by atoms with Gasteiger partial charge in [0.05, 0.1) is 42.5 Å². The van der Waals surface area contributed by atoms with Gasteiger partial charge in [-0.3, -0.25) is 18.2 Å². The number of rotatable bonds is 17. The Morgan fingerprint density at radius 3 is 1.02 bits per heavy atom. The molecule has 6 aromatic rings. The Kier molecular flexibility index (Phi) is 14.4. The number of phenolic OH excluding ortho intramolecular Hbond substituents is 2. The maximum atomic E-state index is 13.0. The minimum absolute atomic E-state index is 0.000144. The van der Waals surface area contributed by atoms with Crippen molar-refractivity contribution in [3.8, 4) is 11.5 Å². The van der Waals surface area contributed by atoms with Gasteiger partial charge in [-0.1, -0.05) is 21.6 Å². The third-order valence-electron chi connectivity index (χ3n) is 9.07. The lowest BCUT2D eigenvalue weighted by molar-refractivity contribution is 0.471. The molecule has 0 amide bonds. The summed E-state index contributed by atoms with van der Waals surface area (Å²) in [6.07, 6.45) is 0. The second kappa shape index (κ2) is 18.9. The molecule has 0 aromatic heterocycles. The van der Waals surface area contributed by atoms with E-state index in [1.54, 1.807) is 0 Å². The highest BCUT2D eigenvalue weighted by Gasteiger charge is 2.25. The van der Waals surface area contributed by atoms with E-state index in [9.17, 15) is 78.9 Å². The molecule has 6 rings (SSSR count). The predicted molar refractivity (Wildman–Crippen MR) is 241 cm³/mol. The third-order valence-corrected chi connectivity index (χ3v) is 18.9. The molecule has 0 bridgehead atoms. The zero-order valence-electron chi connectivity index (χ0n) is 32.7. The van der Waals surface area contributed by atoms with Gasteiger partial charge in [0.2, 0.25) is 0 Å². The van der Waals surface area contributed by atoms with E-state index in [4.69, 9.17) is 0 Å². The van der Waals surface area contributed by atoms with Crippen molar-refractivity contribution in [2.75, 3.05) is 23.0 Å². The number of aromatic hydroxyl groups is 2. The number of benzene rings is 6. The Morgan fingerprint density at radius 1 is 0.394 bits per heavy atom. The van der Waals surface area contributed by atoms with Crippen LogP contribution in [0.4, 0.5) is 22.7 Å². The van der Waals surface area contributed by atoms with Gasteiger partial charge >= 0.3 is 0 Å². The highest BCUT2D eigenvalue weighted by Crippen LogP contribution is 2.43. The number of hydrogen-bond donors (Lipinski definition) is 6. The number of fused-ring (bicyclic) bond motifs is 2. The van der Waals surface area contributed by atoms with Gasteiger partial charge in [-0.2, -0.15) is 43.9 Å². The van der Waals surface area contributed by atoms with Crippen molar-refractivity contribution in [3.63, 3.8) is 0 Å². The average molecular weight is 1060 g/mol. The van der Waals surface area contributed by atoms with Gasteiger partial charge in [-0.05, 0) is 108 Å². The van der Waals surface area contributed by atoms with Crippen molar-refractivity contribution in [2.24, 2.45) is 20.5 Å². The quantitative estimate of drug-likeness (QED) is 0.0235. The molecule has 0 fully saturated rings. The molecule has 30 heteroatoms. The summed E-state index contributed by atoms with van der Waals surface area (Å²) in [5, 5.41) is 36.1. The lowest BCUT2D eigenvalue weighted by Gasteiger charge is -2.09. The van der Waals surface area contributed by atoms with Crippen molar-refractivity contribution in [2.45, 2.75) is 29.4 Å². The van der Waals surface area contributed by atoms with Gasteiger partial charge < -0.3 is 10.2 Å².